The fourth-order valence-corrected chi connectivity index (χ4v) is 4.65. The number of hydrogen-bond acceptors (Lipinski definition) is 3. The molecule has 3 aromatic carbocycles. The van der Waals surface area contributed by atoms with Gasteiger partial charge in [0, 0.05) is 29.2 Å². The fourth-order valence-electron chi connectivity index (χ4n) is 4.65. The summed E-state index contributed by atoms with van der Waals surface area (Å²) in [5.74, 6) is -0.965. The van der Waals surface area contributed by atoms with E-state index >= 15 is 0 Å². The first-order valence-corrected chi connectivity index (χ1v) is 12.5. The first-order chi connectivity index (χ1) is 17.9. The molecular weight excluding hydrogens is 462 g/mol. The Bertz CT molecular complexity index is 1530. The third kappa shape index (κ3) is 4.70. The quantitative estimate of drug-likeness (QED) is 0.259. The van der Waals surface area contributed by atoms with Crippen LogP contribution in [0, 0.1) is 6.92 Å². The molecule has 1 atom stereocenters. The van der Waals surface area contributed by atoms with Gasteiger partial charge in [-0.1, -0.05) is 74.0 Å². The van der Waals surface area contributed by atoms with Crippen molar-refractivity contribution in [1.29, 1.82) is 0 Å². The number of fused-ring (bicyclic) bond motifs is 1. The van der Waals surface area contributed by atoms with E-state index in [1.807, 2.05) is 42.6 Å². The summed E-state index contributed by atoms with van der Waals surface area (Å²) in [5, 5.41) is 3.25. The third-order valence-corrected chi connectivity index (χ3v) is 7.03. The van der Waals surface area contributed by atoms with Crippen molar-refractivity contribution in [2.45, 2.75) is 39.7 Å². The number of carbonyl (C=O) groups excluding carboxylic acids is 3. The van der Waals surface area contributed by atoms with Crippen LogP contribution in [-0.4, -0.2) is 22.4 Å². The first-order valence-electron chi connectivity index (χ1n) is 12.5. The largest absolute Gasteiger partial charge is 0.342 e. The number of aromatic nitrogens is 1. The molecule has 1 N–H and O–H groups in total. The molecule has 0 bridgehead atoms. The molecule has 0 aliphatic carbocycles. The fraction of sp³-hybridized carbons (Fsp3) is 0.194. The van der Waals surface area contributed by atoms with E-state index in [1.165, 1.54) is 5.56 Å². The van der Waals surface area contributed by atoms with Crippen molar-refractivity contribution in [2.24, 2.45) is 0 Å². The van der Waals surface area contributed by atoms with Gasteiger partial charge in [-0.25, -0.2) is 9.69 Å². The van der Waals surface area contributed by atoms with E-state index in [0.717, 1.165) is 38.9 Å². The summed E-state index contributed by atoms with van der Waals surface area (Å²) in [7, 11) is 0. The van der Waals surface area contributed by atoms with Crippen LogP contribution in [0.3, 0.4) is 0 Å². The smallest absolute Gasteiger partial charge is 0.335 e. The van der Waals surface area contributed by atoms with E-state index in [-0.39, 0.29) is 5.57 Å². The molecule has 1 saturated heterocycles. The molecule has 0 spiro atoms. The number of nitrogens with one attached hydrogen (secondary N) is 1. The van der Waals surface area contributed by atoms with E-state index < -0.39 is 17.8 Å². The average molecular weight is 492 g/mol. The minimum Gasteiger partial charge on any atom is -0.342 e. The SMILES string of the molecule is CCC(C)c1ccc(N2C(=O)NC(=O)/C(=C/c3cn(Cc4ccc(C)cc4)c4ccccc34)C2=O)cc1. The highest BCUT2D eigenvalue weighted by atomic mass is 16.2. The van der Waals surface area contributed by atoms with Crippen LogP contribution in [0.4, 0.5) is 10.5 Å². The molecule has 0 saturated carbocycles. The Balaban J connectivity index is 1.51. The van der Waals surface area contributed by atoms with Crippen LogP contribution >= 0.6 is 0 Å². The van der Waals surface area contributed by atoms with Crippen molar-refractivity contribution >= 4 is 40.5 Å². The van der Waals surface area contributed by atoms with Gasteiger partial charge < -0.3 is 4.57 Å². The number of rotatable bonds is 6. The Kier molecular flexibility index (Phi) is 6.49. The number of para-hydroxylation sites is 1. The van der Waals surface area contributed by atoms with Gasteiger partial charge in [0.1, 0.15) is 5.57 Å². The third-order valence-electron chi connectivity index (χ3n) is 7.03. The Labute approximate surface area is 216 Å². The van der Waals surface area contributed by atoms with Crippen LogP contribution in [0.15, 0.2) is 84.6 Å². The normalized spacial score (nSPS) is 15.9. The van der Waals surface area contributed by atoms with Gasteiger partial charge in [-0.05, 0) is 54.7 Å². The number of benzene rings is 3. The zero-order valence-electron chi connectivity index (χ0n) is 21.2. The second-order valence-corrected chi connectivity index (χ2v) is 9.57. The topological polar surface area (TPSA) is 71.4 Å². The lowest BCUT2D eigenvalue weighted by molar-refractivity contribution is -0.122. The Hall–Kier alpha value is -4.45. The molecule has 0 radical (unpaired) electrons. The predicted molar refractivity (Wildman–Crippen MR) is 146 cm³/mol. The lowest BCUT2D eigenvalue weighted by Gasteiger charge is -2.26. The zero-order chi connectivity index (χ0) is 26.1. The molecule has 5 rings (SSSR count). The van der Waals surface area contributed by atoms with Gasteiger partial charge in [-0.15, -0.1) is 0 Å². The van der Waals surface area contributed by atoms with Gasteiger partial charge in [0.25, 0.3) is 11.8 Å². The Morgan fingerprint density at radius 3 is 2.32 bits per heavy atom. The number of hydrogen-bond donors (Lipinski definition) is 1. The van der Waals surface area contributed by atoms with E-state index in [1.54, 1.807) is 18.2 Å². The average Bonchev–Trinajstić information content (AvgIpc) is 3.24. The molecule has 4 amide bonds. The number of imide groups is 2. The van der Waals surface area contributed by atoms with Gasteiger partial charge in [-0.3, -0.25) is 14.9 Å². The van der Waals surface area contributed by atoms with Crippen molar-refractivity contribution in [1.82, 2.24) is 9.88 Å². The van der Waals surface area contributed by atoms with Crippen molar-refractivity contribution in [3.05, 3.63) is 107 Å². The standard InChI is InChI=1S/C31H29N3O3/c1-4-21(3)23-13-15-25(16-14-23)34-30(36)27(29(35)32-31(34)37)17-24-19-33(28-8-6-5-7-26(24)28)18-22-11-9-20(2)10-12-22/h5-17,19,21H,4,18H2,1-3H3,(H,32,35,37)/b27-17-. The summed E-state index contributed by atoms with van der Waals surface area (Å²) < 4.78 is 2.11. The van der Waals surface area contributed by atoms with Crippen LogP contribution in [0.1, 0.15) is 48.4 Å². The Morgan fingerprint density at radius 1 is 0.919 bits per heavy atom. The number of carbonyl (C=O) groups is 3. The molecule has 1 aliphatic rings. The molecule has 6 heteroatoms. The van der Waals surface area contributed by atoms with Crippen molar-refractivity contribution in [3.63, 3.8) is 0 Å². The maximum Gasteiger partial charge on any atom is 0.335 e. The van der Waals surface area contributed by atoms with Gasteiger partial charge in [0.05, 0.1) is 5.69 Å². The van der Waals surface area contributed by atoms with Crippen molar-refractivity contribution in [3.8, 4) is 0 Å². The number of urea groups is 1. The van der Waals surface area contributed by atoms with Crippen LogP contribution in [0.25, 0.3) is 17.0 Å². The predicted octanol–water partition coefficient (Wildman–Crippen LogP) is 6.18. The molecule has 1 fully saturated rings. The van der Waals surface area contributed by atoms with Crippen LogP contribution in [-0.2, 0) is 16.1 Å². The lowest BCUT2D eigenvalue weighted by atomic mass is 9.98. The highest BCUT2D eigenvalue weighted by Gasteiger charge is 2.37. The molecule has 1 unspecified atom stereocenters. The monoisotopic (exact) mass is 491 g/mol. The number of amides is 4. The van der Waals surface area contributed by atoms with Gasteiger partial charge >= 0.3 is 6.03 Å². The van der Waals surface area contributed by atoms with Gasteiger partial charge in [0.15, 0.2) is 0 Å². The second-order valence-electron chi connectivity index (χ2n) is 9.57. The van der Waals surface area contributed by atoms with E-state index in [2.05, 4.69) is 54.9 Å². The zero-order valence-corrected chi connectivity index (χ0v) is 21.2. The highest BCUT2D eigenvalue weighted by molar-refractivity contribution is 6.39. The molecule has 1 aliphatic heterocycles. The van der Waals surface area contributed by atoms with Crippen LogP contribution < -0.4 is 10.2 Å². The summed E-state index contributed by atoms with van der Waals surface area (Å²) >= 11 is 0. The number of aryl methyl sites for hydroxylation is 1. The summed E-state index contributed by atoms with van der Waals surface area (Å²) in [6.45, 7) is 6.94. The highest BCUT2D eigenvalue weighted by Crippen LogP contribution is 2.28. The summed E-state index contributed by atoms with van der Waals surface area (Å²) in [6, 6.07) is 22.8. The van der Waals surface area contributed by atoms with Gasteiger partial charge in [0.2, 0.25) is 0 Å². The minimum atomic E-state index is -0.745. The van der Waals surface area contributed by atoms with Gasteiger partial charge in [-0.2, -0.15) is 0 Å². The second kappa shape index (κ2) is 9.90. The van der Waals surface area contributed by atoms with E-state index in [9.17, 15) is 14.4 Å². The molecule has 1 aromatic heterocycles. The number of nitrogens with zero attached hydrogens (tertiary/aromatic N) is 2. The summed E-state index contributed by atoms with van der Waals surface area (Å²) in [5.41, 5.74) is 5.55. The van der Waals surface area contributed by atoms with Crippen LogP contribution in [0.5, 0.6) is 0 Å². The van der Waals surface area contributed by atoms with E-state index in [0.29, 0.717) is 18.2 Å². The lowest BCUT2D eigenvalue weighted by Crippen LogP contribution is -2.54. The maximum absolute atomic E-state index is 13.5. The first kappa shape index (κ1) is 24.3. The van der Waals surface area contributed by atoms with E-state index in [4.69, 9.17) is 0 Å². The Morgan fingerprint density at radius 2 is 1.62 bits per heavy atom. The molecule has 4 aromatic rings. The molecule has 186 valence electrons. The number of barbiturate groups is 1. The van der Waals surface area contributed by atoms with Crippen molar-refractivity contribution in [2.75, 3.05) is 4.90 Å². The molecule has 6 nitrogen and oxygen atoms in total. The maximum atomic E-state index is 13.5. The summed E-state index contributed by atoms with van der Waals surface area (Å²) in [6.07, 6.45) is 4.51. The molecular formula is C31H29N3O3. The summed E-state index contributed by atoms with van der Waals surface area (Å²) in [4.78, 5) is 40.0. The minimum absolute atomic E-state index is 0.0798. The number of anilines is 1. The van der Waals surface area contributed by atoms with Crippen LogP contribution in [0.2, 0.25) is 0 Å². The molecule has 37 heavy (non-hydrogen) atoms. The van der Waals surface area contributed by atoms with Crippen molar-refractivity contribution < 1.29 is 14.4 Å². The molecule has 2 heterocycles.